The number of pyridine rings is 1. The van der Waals surface area contributed by atoms with Gasteiger partial charge in [0.25, 0.3) is 5.91 Å². The molecular weight excluding hydrogens is 727 g/mol. The quantitative estimate of drug-likeness (QED) is 0.120. The van der Waals surface area contributed by atoms with Crippen molar-refractivity contribution in [2.24, 2.45) is 5.92 Å². The first-order valence-corrected chi connectivity index (χ1v) is 20.1. The number of carboxylic acid groups (broad SMARTS) is 1. The third-order valence-corrected chi connectivity index (χ3v) is 11.7. The van der Waals surface area contributed by atoms with Gasteiger partial charge in [-0.3, -0.25) is 19.8 Å². The molecule has 0 spiro atoms. The summed E-state index contributed by atoms with van der Waals surface area (Å²) in [5.74, 6) is 0.146. The molecule has 2 aromatic heterocycles. The van der Waals surface area contributed by atoms with Crippen LogP contribution in [0.4, 0.5) is 10.9 Å². The zero-order chi connectivity index (χ0) is 39.6. The molecule has 1 atom stereocenters. The second-order valence-corrected chi connectivity index (χ2v) is 16.7. The summed E-state index contributed by atoms with van der Waals surface area (Å²) in [6.45, 7) is 14.0. The summed E-state index contributed by atoms with van der Waals surface area (Å²) in [6.07, 6.45) is 2.52. The van der Waals surface area contributed by atoms with Crippen LogP contribution in [0.25, 0.3) is 21.3 Å². The fraction of sp³-hybridized carbons (Fsp3) is 0.386. The van der Waals surface area contributed by atoms with Crippen LogP contribution in [0, 0.1) is 12.8 Å². The molecular formula is C44H49N5O6S. The van der Waals surface area contributed by atoms with Gasteiger partial charge >= 0.3 is 11.9 Å². The molecule has 292 valence electrons. The Morgan fingerprint density at radius 2 is 1.82 bits per heavy atom. The van der Waals surface area contributed by atoms with E-state index in [-0.39, 0.29) is 17.6 Å². The number of aromatic carboxylic acids is 1. The second kappa shape index (κ2) is 16.4. The topological polar surface area (TPSA) is 134 Å². The van der Waals surface area contributed by atoms with Crippen molar-refractivity contribution in [1.82, 2.24) is 14.9 Å². The number of ether oxygens (including phenoxy) is 2. The van der Waals surface area contributed by atoms with E-state index >= 15 is 0 Å². The Labute approximate surface area is 331 Å². The normalized spacial score (nSPS) is 15.8. The minimum Gasteiger partial charge on any atom is -0.493 e. The van der Waals surface area contributed by atoms with Crippen molar-refractivity contribution in [3.8, 4) is 16.9 Å². The first kappa shape index (κ1) is 38.9. The number of anilines is 2. The Bertz CT molecular complexity index is 2250. The molecule has 0 saturated carbocycles. The molecule has 1 fully saturated rings. The predicted octanol–water partition coefficient (Wildman–Crippen LogP) is 8.13. The van der Waals surface area contributed by atoms with Crippen molar-refractivity contribution in [2.75, 3.05) is 49.6 Å². The van der Waals surface area contributed by atoms with E-state index in [0.717, 1.165) is 64.0 Å². The number of nitrogens with zero attached hydrogens (tertiary/aromatic N) is 4. The van der Waals surface area contributed by atoms with E-state index in [0.29, 0.717) is 73.0 Å². The van der Waals surface area contributed by atoms with Crippen LogP contribution in [-0.2, 0) is 27.9 Å². The third-order valence-electron chi connectivity index (χ3n) is 10.7. The zero-order valence-corrected chi connectivity index (χ0v) is 33.5. The summed E-state index contributed by atoms with van der Waals surface area (Å²) in [6, 6.07) is 21.4. The van der Waals surface area contributed by atoms with Gasteiger partial charge in [-0.1, -0.05) is 68.5 Å². The standard InChI is InChI=1S/C44H49N5O6S/c1-6-54-38(50)26-48-20-17-28(24-48)19-22-55-35-15-10-12-30(27(35)2)39-33(44(3,4)5)23-37(46-40(39)42(52)53)49-21-18-29-11-9-13-31(32(29)25-49)41(51)47-43-45-34-14-7-8-16-36(34)56-43/h7-16,23,28H,6,17-22,24-26H2,1-5H3,(H,52,53)(H,45,47,51)/t28-/m1/s1. The average molecular weight is 776 g/mol. The smallest absolute Gasteiger partial charge is 0.355 e. The maximum absolute atomic E-state index is 13.7. The fourth-order valence-electron chi connectivity index (χ4n) is 7.85. The number of amides is 1. The predicted molar refractivity (Wildman–Crippen MR) is 220 cm³/mol. The van der Waals surface area contributed by atoms with Crippen LogP contribution in [0.5, 0.6) is 5.75 Å². The molecule has 7 rings (SSSR count). The molecule has 2 aliphatic rings. The van der Waals surface area contributed by atoms with E-state index in [4.69, 9.17) is 14.5 Å². The first-order chi connectivity index (χ1) is 26.9. The molecule has 1 amide bonds. The van der Waals surface area contributed by atoms with Gasteiger partial charge in [-0.05, 0) is 109 Å². The van der Waals surface area contributed by atoms with Crippen LogP contribution < -0.4 is 15.0 Å². The lowest BCUT2D eigenvalue weighted by molar-refractivity contribution is -0.144. The number of para-hydroxylation sites is 1. The molecule has 0 bridgehead atoms. The van der Waals surface area contributed by atoms with Gasteiger partial charge in [-0.15, -0.1) is 0 Å². The Balaban J connectivity index is 1.13. The Morgan fingerprint density at radius 1 is 1.02 bits per heavy atom. The van der Waals surface area contributed by atoms with Crippen LogP contribution in [-0.4, -0.2) is 77.2 Å². The highest BCUT2D eigenvalue weighted by atomic mass is 32.1. The highest BCUT2D eigenvalue weighted by Crippen LogP contribution is 2.41. The van der Waals surface area contributed by atoms with E-state index in [1.54, 1.807) is 0 Å². The van der Waals surface area contributed by atoms with Crippen LogP contribution >= 0.6 is 11.3 Å². The van der Waals surface area contributed by atoms with Gasteiger partial charge in [0.05, 0.1) is 30.0 Å². The lowest BCUT2D eigenvalue weighted by Crippen LogP contribution is -2.33. The number of thiazole rings is 1. The van der Waals surface area contributed by atoms with Crippen LogP contribution in [0.1, 0.15) is 83.6 Å². The monoisotopic (exact) mass is 775 g/mol. The molecule has 12 heteroatoms. The molecule has 0 unspecified atom stereocenters. The second-order valence-electron chi connectivity index (χ2n) is 15.6. The molecule has 0 radical (unpaired) electrons. The van der Waals surface area contributed by atoms with Gasteiger partial charge in [0, 0.05) is 30.8 Å². The molecule has 2 N–H and O–H groups in total. The summed E-state index contributed by atoms with van der Waals surface area (Å²) in [4.78, 5) is 52.4. The van der Waals surface area contributed by atoms with Gasteiger partial charge in [0.15, 0.2) is 10.8 Å². The number of nitrogens with one attached hydrogen (secondary N) is 1. The third kappa shape index (κ3) is 8.41. The molecule has 1 saturated heterocycles. The van der Waals surface area contributed by atoms with Crippen molar-refractivity contribution < 1.29 is 29.0 Å². The first-order valence-electron chi connectivity index (χ1n) is 19.3. The number of hydrogen-bond acceptors (Lipinski definition) is 10. The van der Waals surface area contributed by atoms with E-state index in [1.165, 1.54) is 11.3 Å². The van der Waals surface area contributed by atoms with Gasteiger partial charge in [0.1, 0.15) is 11.6 Å². The zero-order valence-electron chi connectivity index (χ0n) is 32.7. The van der Waals surface area contributed by atoms with E-state index in [1.807, 2.05) is 80.6 Å². The lowest BCUT2D eigenvalue weighted by Gasteiger charge is -2.33. The minimum atomic E-state index is -1.11. The summed E-state index contributed by atoms with van der Waals surface area (Å²) >= 11 is 1.43. The van der Waals surface area contributed by atoms with E-state index in [2.05, 4.69) is 40.9 Å². The summed E-state index contributed by atoms with van der Waals surface area (Å²) in [5.41, 5.74) is 5.97. The van der Waals surface area contributed by atoms with Crippen molar-refractivity contribution in [2.45, 2.75) is 65.8 Å². The molecule has 4 heterocycles. The van der Waals surface area contributed by atoms with Crippen LogP contribution in [0.2, 0.25) is 0 Å². The average Bonchev–Trinajstić information content (AvgIpc) is 3.80. The fourth-order valence-corrected chi connectivity index (χ4v) is 8.71. The number of fused-ring (bicyclic) bond motifs is 2. The largest absolute Gasteiger partial charge is 0.493 e. The molecule has 3 aromatic carbocycles. The number of benzene rings is 3. The van der Waals surface area contributed by atoms with E-state index in [9.17, 15) is 19.5 Å². The Morgan fingerprint density at radius 3 is 2.59 bits per heavy atom. The Hall–Kier alpha value is -5.33. The van der Waals surface area contributed by atoms with Crippen molar-refractivity contribution in [3.63, 3.8) is 0 Å². The number of rotatable bonds is 12. The highest BCUT2D eigenvalue weighted by molar-refractivity contribution is 7.22. The number of esters is 1. The number of carboxylic acids is 1. The molecule has 2 aliphatic heterocycles. The summed E-state index contributed by atoms with van der Waals surface area (Å²) in [5, 5.41) is 14.3. The van der Waals surface area contributed by atoms with Crippen LogP contribution in [0.15, 0.2) is 66.7 Å². The number of aromatic nitrogens is 2. The summed E-state index contributed by atoms with van der Waals surface area (Å²) < 4.78 is 12.5. The maximum Gasteiger partial charge on any atom is 0.355 e. The molecule has 0 aliphatic carbocycles. The lowest BCUT2D eigenvalue weighted by atomic mass is 9.80. The van der Waals surface area contributed by atoms with Crippen LogP contribution in [0.3, 0.4) is 0 Å². The Kier molecular flexibility index (Phi) is 11.4. The van der Waals surface area contributed by atoms with Gasteiger partial charge in [0.2, 0.25) is 0 Å². The number of carbonyl (C=O) groups is 3. The van der Waals surface area contributed by atoms with Gasteiger partial charge < -0.3 is 19.5 Å². The highest BCUT2D eigenvalue weighted by Gasteiger charge is 2.31. The number of likely N-dealkylation sites (tertiary alicyclic amines) is 1. The number of hydrogen-bond donors (Lipinski definition) is 2. The maximum atomic E-state index is 13.7. The molecule has 56 heavy (non-hydrogen) atoms. The SMILES string of the molecule is CCOC(=O)CN1CC[C@H](CCOc2cccc(-c3c(C(C)(C)C)cc(N4CCc5cccc(C(=O)Nc6nc7ccccc7s6)c5C4)nc3C(=O)O)c2C)C1. The summed E-state index contributed by atoms with van der Waals surface area (Å²) in [7, 11) is 0. The molecule has 11 nitrogen and oxygen atoms in total. The van der Waals surface area contributed by atoms with Gasteiger partial charge in [-0.25, -0.2) is 14.8 Å². The molecule has 5 aromatic rings. The number of carbonyl (C=O) groups excluding carboxylic acids is 2. The van der Waals surface area contributed by atoms with Crippen molar-refractivity contribution >= 4 is 50.3 Å². The minimum absolute atomic E-state index is 0.0204. The van der Waals surface area contributed by atoms with Crippen molar-refractivity contribution in [3.05, 3.63) is 100 Å². The van der Waals surface area contributed by atoms with Crippen molar-refractivity contribution in [1.29, 1.82) is 0 Å². The van der Waals surface area contributed by atoms with Gasteiger partial charge in [-0.2, -0.15) is 0 Å². The van der Waals surface area contributed by atoms with E-state index < -0.39 is 11.4 Å².